The van der Waals surface area contributed by atoms with E-state index in [2.05, 4.69) is 10.4 Å². The Bertz CT molecular complexity index is 1060. The van der Waals surface area contributed by atoms with Crippen molar-refractivity contribution < 1.29 is 18.0 Å². The Labute approximate surface area is 170 Å². The molecule has 0 aliphatic heterocycles. The molecule has 29 heavy (non-hydrogen) atoms. The first-order valence-electron chi connectivity index (χ1n) is 9.10. The standard InChI is InChI=1S/C21H17ClF3N3O/c22-18-4-2-1-3-16(18)20(29)26-19-9-10-28(27-19)12-15-8-7-14(13-5-6-13)11-17(15)21(23,24)25/h1-4,7-11,13H,5-6,12H2,(H,26,27,29). The lowest BCUT2D eigenvalue weighted by molar-refractivity contribution is -0.138. The van der Waals surface area contributed by atoms with E-state index >= 15 is 0 Å². The van der Waals surface area contributed by atoms with Crippen LogP contribution in [0.3, 0.4) is 0 Å². The highest BCUT2D eigenvalue weighted by Crippen LogP contribution is 2.43. The molecule has 1 aliphatic rings. The highest BCUT2D eigenvalue weighted by atomic mass is 35.5. The summed E-state index contributed by atoms with van der Waals surface area (Å²) in [5.74, 6) is 0.0326. The maximum atomic E-state index is 13.5. The van der Waals surface area contributed by atoms with E-state index in [0.717, 1.165) is 18.4 Å². The molecule has 0 radical (unpaired) electrons. The number of benzene rings is 2. The Hall–Kier alpha value is -2.80. The van der Waals surface area contributed by atoms with E-state index in [1.165, 1.54) is 29.1 Å². The number of hydrogen-bond acceptors (Lipinski definition) is 2. The zero-order valence-corrected chi connectivity index (χ0v) is 16.0. The molecule has 0 atom stereocenters. The second-order valence-corrected chi connectivity index (χ2v) is 7.43. The molecule has 1 saturated carbocycles. The van der Waals surface area contributed by atoms with Crippen molar-refractivity contribution in [3.05, 3.63) is 82.0 Å². The van der Waals surface area contributed by atoms with Crippen LogP contribution < -0.4 is 5.32 Å². The second-order valence-electron chi connectivity index (χ2n) is 7.02. The van der Waals surface area contributed by atoms with Gasteiger partial charge in [0.2, 0.25) is 0 Å². The molecule has 0 bridgehead atoms. The molecule has 1 fully saturated rings. The van der Waals surface area contributed by atoms with Gasteiger partial charge in [0, 0.05) is 12.3 Å². The number of amides is 1. The summed E-state index contributed by atoms with van der Waals surface area (Å²) in [4.78, 5) is 12.3. The van der Waals surface area contributed by atoms with Crippen molar-refractivity contribution in [3.8, 4) is 0 Å². The van der Waals surface area contributed by atoms with E-state index in [1.54, 1.807) is 30.3 Å². The highest BCUT2D eigenvalue weighted by molar-refractivity contribution is 6.34. The number of rotatable bonds is 5. The molecule has 1 amide bonds. The van der Waals surface area contributed by atoms with Crippen LogP contribution >= 0.6 is 11.6 Å². The van der Waals surface area contributed by atoms with E-state index in [4.69, 9.17) is 11.6 Å². The fourth-order valence-corrected chi connectivity index (χ4v) is 3.41. The van der Waals surface area contributed by atoms with Crippen LogP contribution in [-0.4, -0.2) is 15.7 Å². The van der Waals surface area contributed by atoms with Crippen molar-refractivity contribution in [1.29, 1.82) is 0 Å². The average molecular weight is 420 g/mol. The van der Waals surface area contributed by atoms with Gasteiger partial charge in [0.05, 0.1) is 22.7 Å². The Kier molecular flexibility index (Phi) is 5.08. The van der Waals surface area contributed by atoms with Gasteiger partial charge < -0.3 is 5.32 Å². The van der Waals surface area contributed by atoms with Crippen molar-refractivity contribution in [1.82, 2.24) is 9.78 Å². The molecular weight excluding hydrogens is 403 g/mol. The van der Waals surface area contributed by atoms with Crippen LogP contribution in [0, 0.1) is 0 Å². The molecule has 4 nitrogen and oxygen atoms in total. The number of nitrogens with zero attached hydrogens (tertiary/aromatic N) is 2. The van der Waals surface area contributed by atoms with Crippen LogP contribution in [0.4, 0.5) is 19.0 Å². The number of carbonyl (C=O) groups excluding carboxylic acids is 1. The fraction of sp³-hybridized carbons (Fsp3) is 0.238. The highest BCUT2D eigenvalue weighted by Gasteiger charge is 2.35. The molecule has 1 N–H and O–H groups in total. The van der Waals surface area contributed by atoms with Gasteiger partial charge >= 0.3 is 6.18 Å². The van der Waals surface area contributed by atoms with Crippen LogP contribution in [0.2, 0.25) is 5.02 Å². The third kappa shape index (κ3) is 4.45. The van der Waals surface area contributed by atoms with Crippen LogP contribution in [0.5, 0.6) is 0 Å². The summed E-state index contributed by atoms with van der Waals surface area (Å²) in [6.45, 7) is -0.0538. The minimum absolute atomic E-state index is 0.0538. The van der Waals surface area contributed by atoms with Crippen molar-refractivity contribution in [3.63, 3.8) is 0 Å². The Morgan fingerprint density at radius 1 is 1.17 bits per heavy atom. The lowest BCUT2D eigenvalue weighted by Gasteiger charge is -2.14. The summed E-state index contributed by atoms with van der Waals surface area (Å²) in [5, 5.41) is 7.07. The van der Waals surface area contributed by atoms with Crippen molar-refractivity contribution in [2.24, 2.45) is 0 Å². The van der Waals surface area contributed by atoms with Gasteiger partial charge in [0.1, 0.15) is 0 Å². The second kappa shape index (κ2) is 7.55. The molecule has 0 saturated heterocycles. The van der Waals surface area contributed by atoms with Gasteiger partial charge in [-0.15, -0.1) is 0 Å². The van der Waals surface area contributed by atoms with Gasteiger partial charge in [-0.25, -0.2) is 0 Å². The van der Waals surface area contributed by atoms with E-state index in [0.29, 0.717) is 10.6 Å². The normalized spacial score (nSPS) is 14.1. The van der Waals surface area contributed by atoms with Crippen molar-refractivity contribution >= 4 is 23.3 Å². The Balaban J connectivity index is 1.52. The summed E-state index contributed by atoms with van der Waals surface area (Å²) < 4.78 is 41.9. The number of alkyl halides is 3. The maximum absolute atomic E-state index is 13.5. The van der Waals surface area contributed by atoms with E-state index in [-0.39, 0.29) is 23.8 Å². The summed E-state index contributed by atoms with van der Waals surface area (Å²) in [6, 6.07) is 12.6. The third-order valence-corrected chi connectivity index (χ3v) is 5.15. The van der Waals surface area contributed by atoms with Gasteiger partial charge in [0.15, 0.2) is 5.82 Å². The lowest BCUT2D eigenvalue weighted by Crippen LogP contribution is -2.14. The van der Waals surface area contributed by atoms with E-state index < -0.39 is 17.6 Å². The first-order valence-corrected chi connectivity index (χ1v) is 9.48. The smallest absolute Gasteiger partial charge is 0.305 e. The Morgan fingerprint density at radius 2 is 1.93 bits per heavy atom. The molecule has 0 unspecified atom stereocenters. The quantitative estimate of drug-likeness (QED) is 0.573. The van der Waals surface area contributed by atoms with Gasteiger partial charge in [0.25, 0.3) is 5.91 Å². The van der Waals surface area contributed by atoms with Gasteiger partial charge in [-0.05, 0) is 48.1 Å². The van der Waals surface area contributed by atoms with Crippen LogP contribution in [0.1, 0.15) is 45.8 Å². The maximum Gasteiger partial charge on any atom is 0.416 e. The zero-order chi connectivity index (χ0) is 20.6. The number of aromatic nitrogens is 2. The van der Waals surface area contributed by atoms with Crippen LogP contribution in [-0.2, 0) is 12.7 Å². The van der Waals surface area contributed by atoms with Gasteiger partial charge in [-0.2, -0.15) is 18.3 Å². The molecule has 0 spiro atoms. The van der Waals surface area contributed by atoms with E-state index in [9.17, 15) is 18.0 Å². The summed E-state index contributed by atoms with van der Waals surface area (Å²) in [7, 11) is 0. The molecule has 2 aromatic carbocycles. The number of halogens is 4. The van der Waals surface area contributed by atoms with E-state index in [1.807, 2.05) is 0 Å². The summed E-state index contributed by atoms with van der Waals surface area (Å²) in [5.41, 5.74) is 0.515. The number of carbonyl (C=O) groups is 1. The number of nitrogens with one attached hydrogen (secondary N) is 1. The molecule has 8 heteroatoms. The zero-order valence-electron chi connectivity index (χ0n) is 15.2. The number of hydrogen-bond donors (Lipinski definition) is 1. The molecule has 1 aliphatic carbocycles. The topological polar surface area (TPSA) is 46.9 Å². The van der Waals surface area contributed by atoms with Crippen LogP contribution in [0.25, 0.3) is 0 Å². The minimum Gasteiger partial charge on any atom is -0.305 e. The van der Waals surface area contributed by atoms with Crippen molar-refractivity contribution in [2.45, 2.75) is 31.5 Å². The monoisotopic (exact) mass is 419 g/mol. The third-order valence-electron chi connectivity index (χ3n) is 4.82. The molecule has 150 valence electrons. The van der Waals surface area contributed by atoms with Crippen molar-refractivity contribution in [2.75, 3.05) is 5.32 Å². The largest absolute Gasteiger partial charge is 0.416 e. The summed E-state index contributed by atoms with van der Waals surface area (Å²) >= 11 is 6.00. The average Bonchev–Trinajstić information content (AvgIpc) is 3.43. The predicted octanol–water partition coefficient (Wildman–Crippen LogP) is 5.73. The van der Waals surface area contributed by atoms with Gasteiger partial charge in [-0.1, -0.05) is 35.9 Å². The molecular formula is C21H17ClF3N3O. The SMILES string of the molecule is O=C(Nc1ccn(Cc2ccc(C3CC3)cc2C(F)(F)F)n1)c1ccccc1Cl. The predicted molar refractivity (Wildman–Crippen MR) is 104 cm³/mol. The molecule has 4 rings (SSSR count). The number of anilines is 1. The fourth-order valence-electron chi connectivity index (χ4n) is 3.19. The Morgan fingerprint density at radius 3 is 2.62 bits per heavy atom. The lowest BCUT2D eigenvalue weighted by atomic mass is 10.0. The first-order chi connectivity index (χ1) is 13.8. The molecule has 1 aromatic heterocycles. The van der Waals surface area contributed by atoms with Crippen LogP contribution in [0.15, 0.2) is 54.7 Å². The molecule has 3 aromatic rings. The van der Waals surface area contributed by atoms with Gasteiger partial charge in [-0.3, -0.25) is 9.48 Å². The minimum atomic E-state index is -4.44. The summed E-state index contributed by atoms with van der Waals surface area (Å²) in [6.07, 6.45) is -1.04. The molecule has 1 heterocycles. The first kappa shape index (κ1) is 19.5.